The van der Waals surface area contributed by atoms with Crippen molar-refractivity contribution in [2.45, 2.75) is 39.0 Å². The molecule has 0 bridgehead atoms. The highest BCUT2D eigenvalue weighted by molar-refractivity contribution is 5.92. The second kappa shape index (κ2) is 5.47. The number of ketones is 1. The van der Waals surface area contributed by atoms with E-state index in [-0.39, 0.29) is 11.7 Å². The quantitative estimate of drug-likeness (QED) is 0.589. The maximum atomic E-state index is 11.6. The van der Waals surface area contributed by atoms with Crippen molar-refractivity contribution in [2.24, 2.45) is 11.8 Å². The Labute approximate surface area is 108 Å². The van der Waals surface area contributed by atoms with Crippen LogP contribution in [0.1, 0.15) is 43.7 Å². The molecule has 0 spiro atoms. The molecule has 0 fully saturated rings. The second-order valence-electron chi connectivity index (χ2n) is 5.23. The lowest BCUT2D eigenvalue weighted by Crippen LogP contribution is -2.26. The minimum Gasteiger partial charge on any atom is -0.303 e. The molecule has 0 saturated heterocycles. The van der Waals surface area contributed by atoms with Crippen LogP contribution in [0.15, 0.2) is 24.3 Å². The first-order valence-corrected chi connectivity index (χ1v) is 6.72. The Morgan fingerprint density at radius 1 is 1.44 bits per heavy atom. The van der Waals surface area contributed by atoms with Crippen LogP contribution in [0.4, 0.5) is 0 Å². The third-order valence-electron chi connectivity index (χ3n) is 4.10. The topological polar surface area (TPSA) is 34.1 Å². The van der Waals surface area contributed by atoms with Gasteiger partial charge in [-0.3, -0.25) is 4.79 Å². The second-order valence-corrected chi connectivity index (χ2v) is 5.23. The van der Waals surface area contributed by atoms with E-state index in [1.165, 1.54) is 18.1 Å². The van der Waals surface area contributed by atoms with E-state index >= 15 is 0 Å². The molecule has 0 aromatic heterocycles. The largest absolute Gasteiger partial charge is 0.303 e. The van der Waals surface area contributed by atoms with Crippen LogP contribution in [-0.2, 0) is 16.0 Å². The van der Waals surface area contributed by atoms with Crippen molar-refractivity contribution in [1.82, 2.24) is 0 Å². The predicted octanol–water partition coefficient (Wildman–Crippen LogP) is 3.15. The van der Waals surface area contributed by atoms with Gasteiger partial charge < -0.3 is 4.79 Å². The van der Waals surface area contributed by atoms with Gasteiger partial charge in [-0.1, -0.05) is 37.6 Å². The summed E-state index contributed by atoms with van der Waals surface area (Å²) in [6.07, 6.45) is 3.85. The first-order chi connectivity index (χ1) is 8.69. The molecule has 1 aromatic carbocycles. The van der Waals surface area contributed by atoms with Gasteiger partial charge in [0.05, 0.1) is 5.92 Å². The van der Waals surface area contributed by atoms with E-state index in [4.69, 9.17) is 0 Å². The van der Waals surface area contributed by atoms with Crippen LogP contribution in [0.2, 0.25) is 0 Å². The van der Waals surface area contributed by atoms with Crippen LogP contribution in [0, 0.1) is 11.8 Å². The molecule has 1 aliphatic carbocycles. The number of hydrogen-bond acceptors (Lipinski definition) is 2. The Bertz CT molecular complexity index is 450. The first-order valence-electron chi connectivity index (χ1n) is 6.72. The molecule has 0 radical (unpaired) electrons. The summed E-state index contributed by atoms with van der Waals surface area (Å²) >= 11 is 0. The Balaban J connectivity index is 2.33. The van der Waals surface area contributed by atoms with E-state index in [2.05, 4.69) is 19.1 Å². The SMILES string of the molecule is CCCC1c2ccccc2CC1C(C=O)C(C)=O. The zero-order chi connectivity index (χ0) is 13.1. The van der Waals surface area contributed by atoms with Gasteiger partial charge in [-0.25, -0.2) is 0 Å². The minimum absolute atomic E-state index is 0.00362. The maximum absolute atomic E-state index is 11.6. The summed E-state index contributed by atoms with van der Waals surface area (Å²) in [7, 11) is 0. The van der Waals surface area contributed by atoms with E-state index in [1.807, 2.05) is 12.1 Å². The van der Waals surface area contributed by atoms with Gasteiger partial charge in [-0.15, -0.1) is 0 Å². The first kappa shape index (κ1) is 13.0. The van der Waals surface area contributed by atoms with Crippen molar-refractivity contribution in [3.8, 4) is 0 Å². The van der Waals surface area contributed by atoms with Gasteiger partial charge in [0.15, 0.2) is 0 Å². The van der Waals surface area contributed by atoms with Crippen molar-refractivity contribution in [2.75, 3.05) is 0 Å². The number of carbonyl (C=O) groups is 2. The van der Waals surface area contributed by atoms with Gasteiger partial charge in [0, 0.05) is 0 Å². The molecule has 2 nitrogen and oxygen atoms in total. The van der Waals surface area contributed by atoms with Crippen LogP contribution in [0.3, 0.4) is 0 Å². The Hall–Kier alpha value is -1.44. The lowest BCUT2D eigenvalue weighted by molar-refractivity contribution is -0.128. The van der Waals surface area contributed by atoms with Crippen LogP contribution in [0.25, 0.3) is 0 Å². The van der Waals surface area contributed by atoms with Gasteiger partial charge in [-0.05, 0) is 42.7 Å². The molecule has 2 rings (SSSR count). The third kappa shape index (κ3) is 2.24. The average Bonchev–Trinajstić information content (AvgIpc) is 2.70. The van der Waals surface area contributed by atoms with Crippen LogP contribution >= 0.6 is 0 Å². The highest BCUT2D eigenvalue weighted by Crippen LogP contribution is 2.44. The molecule has 1 aromatic rings. The molecule has 0 heterocycles. The Morgan fingerprint density at radius 3 is 2.78 bits per heavy atom. The van der Waals surface area contributed by atoms with E-state index in [1.54, 1.807) is 0 Å². The normalized spacial score (nSPS) is 23.4. The van der Waals surface area contributed by atoms with Gasteiger partial charge >= 0.3 is 0 Å². The summed E-state index contributed by atoms with van der Waals surface area (Å²) in [6, 6.07) is 8.36. The van der Waals surface area contributed by atoms with E-state index in [0.29, 0.717) is 5.92 Å². The summed E-state index contributed by atoms with van der Waals surface area (Å²) in [6.45, 7) is 3.69. The lowest BCUT2D eigenvalue weighted by atomic mass is 9.79. The van der Waals surface area contributed by atoms with Crippen molar-refractivity contribution in [3.63, 3.8) is 0 Å². The Kier molecular flexibility index (Phi) is 3.95. The number of aldehydes is 1. The maximum Gasteiger partial charge on any atom is 0.140 e. The molecule has 0 saturated carbocycles. The van der Waals surface area contributed by atoms with Crippen LogP contribution in [-0.4, -0.2) is 12.1 Å². The minimum atomic E-state index is -0.436. The fourth-order valence-electron chi connectivity index (χ4n) is 3.26. The fourth-order valence-corrected chi connectivity index (χ4v) is 3.26. The summed E-state index contributed by atoms with van der Waals surface area (Å²) in [5.41, 5.74) is 2.66. The molecule has 96 valence electrons. The zero-order valence-corrected chi connectivity index (χ0v) is 11.1. The van der Waals surface area contributed by atoms with E-state index < -0.39 is 5.92 Å². The number of fused-ring (bicyclic) bond motifs is 1. The van der Waals surface area contributed by atoms with E-state index in [0.717, 1.165) is 25.5 Å². The zero-order valence-electron chi connectivity index (χ0n) is 11.1. The molecule has 1 aliphatic rings. The molecule has 0 aliphatic heterocycles. The van der Waals surface area contributed by atoms with Crippen LogP contribution in [0.5, 0.6) is 0 Å². The number of hydrogen-bond donors (Lipinski definition) is 0. The van der Waals surface area contributed by atoms with E-state index in [9.17, 15) is 9.59 Å². The summed E-state index contributed by atoms with van der Waals surface area (Å²) < 4.78 is 0. The highest BCUT2D eigenvalue weighted by Gasteiger charge is 2.38. The molecule has 18 heavy (non-hydrogen) atoms. The van der Waals surface area contributed by atoms with Crippen molar-refractivity contribution in [1.29, 1.82) is 0 Å². The standard InChI is InChI=1S/C16H20O2/c1-3-6-14-13-8-5-4-7-12(13)9-15(14)16(10-17)11(2)18/h4-5,7-8,10,14-16H,3,6,9H2,1-2H3. The monoisotopic (exact) mass is 244 g/mol. The van der Waals surface area contributed by atoms with Gasteiger partial charge in [0.2, 0.25) is 0 Å². The van der Waals surface area contributed by atoms with Gasteiger partial charge in [0.25, 0.3) is 0 Å². The van der Waals surface area contributed by atoms with Crippen molar-refractivity contribution >= 4 is 12.1 Å². The molecular formula is C16H20O2. The lowest BCUT2D eigenvalue weighted by Gasteiger charge is -2.23. The molecule has 0 N–H and O–H groups in total. The predicted molar refractivity (Wildman–Crippen MR) is 71.5 cm³/mol. The molecular weight excluding hydrogens is 224 g/mol. The number of carbonyl (C=O) groups excluding carboxylic acids is 2. The molecule has 0 amide bonds. The number of benzene rings is 1. The average molecular weight is 244 g/mol. The van der Waals surface area contributed by atoms with Gasteiger partial charge in [0.1, 0.15) is 12.1 Å². The fraction of sp³-hybridized carbons (Fsp3) is 0.500. The highest BCUT2D eigenvalue weighted by atomic mass is 16.1. The molecule has 2 heteroatoms. The number of Topliss-reactive ketones (excluding diaryl/α,β-unsaturated/α-hetero) is 1. The van der Waals surface area contributed by atoms with Crippen molar-refractivity contribution < 1.29 is 9.59 Å². The third-order valence-corrected chi connectivity index (χ3v) is 4.10. The smallest absolute Gasteiger partial charge is 0.140 e. The molecule has 3 atom stereocenters. The van der Waals surface area contributed by atoms with Crippen molar-refractivity contribution in [3.05, 3.63) is 35.4 Å². The Morgan fingerprint density at radius 2 is 2.17 bits per heavy atom. The molecule has 3 unspecified atom stereocenters. The summed E-state index contributed by atoms with van der Waals surface area (Å²) in [4.78, 5) is 22.8. The summed E-state index contributed by atoms with van der Waals surface area (Å²) in [5, 5.41) is 0. The van der Waals surface area contributed by atoms with Gasteiger partial charge in [-0.2, -0.15) is 0 Å². The summed E-state index contributed by atoms with van der Waals surface area (Å²) in [5.74, 6) is 0.0977. The van der Waals surface area contributed by atoms with Crippen LogP contribution < -0.4 is 0 Å². The number of rotatable bonds is 5.